The van der Waals surface area contributed by atoms with Crippen LogP contribution in [0, 0.1) is 80.8 Å². The molecule has 0 heterocycles. The van der Waals surface area contributed by atoms with E-state index in [4.69, 9.17) is 18.1 Å². The van der Waals surface area contributed by atoms with E-state index in [0.29, 0.717) is 58.9 Å². The molecule has 0 aliphatic heterocycles. The van der Waals surface area contributed by atoms with Crippen LogP contribution in [0.3, 0.4) is 0 Å². The molecule has 0 aromatic carbocycles. The Hall–Kier alpha value is 0.700. The molecular formula is C49H90O4P2. The number of hydrogen-bond donors (Lipinski definition) is 0. The monoisotopic (exact) mass is 805 g/mol. The summed E-state index contributed by atoms with van der Waals surface area (Å²) in [5.74, 6) is 7.48. The van der Waals surface area contributed by atoms with E-state index >= 15 is 0 Å². The average Bonchev–Trinajstić information content (AvgIpc) is 3.10. The summed E-state index contributed by atoms with van der Waals surface area (Å²) in [6.45, 7) is 29.3. The van der Waals surface area contributed by atoms with Gasteiger partial charge in [0.15, 0.2) is 18.1 Å². The van der Waals surface area contributed by atoms with Gasteiger partial charge in [-0.05, 0) is 151 Å². The standard InChI is InChI=1S/C49H90O4P2/c1-46(2,3)38-21-23-42(40(30-38)48(7,8)9)50-54-52-44-28-34-19-15-13-17-32(34)25-36(44)27-37-26-33-18-14-16-20-35(33)29-45(37)53-55-51-43-24-22-39(47(4,5)6)31-41(43)49(10,11)12/h32-45,54-55H,13-31H2,1-12H3. The first-order chi connectivity index (χ1) is 25.8. The lowest BCUT2D eigenvalue weighted by atomic mass is 9.61. The maximum absolute atomic E-state index is 7.06. The van der Waals surface area contributed by atoms with E-state index in [1.54, 1.807) is 0 Å². The van der Waals surface area contributed by atoms with E-state index in [1.165, 1.54) is 122 Å². The van der Waals surface area contributed by atoms with Crippen LogP contribution >= 0.6 is 18.1 Å². The molecule has 0 bridgehead atoms. The minimum atomic E-state index is 0.171. The topological polar surface area (TPSA) is 36.9 Å². The Labute approximate surface area is 345 Å². The lowest BCUT2D eigenvalue weighted by molar-refractivity contribution is -0.0448. The molecule has 0 N–H and O–H groups in total. The predicted molar refractivity (Wildman–Crippen MR) is 237 cm³/mol. The fraction of sp³-hybridized carbons (Fsp3) is 1.00. The summed E-state index contributed by atoms with van der Waals surface area (Å²) in [5, 5.41) is 0. The van der Waals surface area contributed by atoms with Gasteiger partial charge in [-0.25, -0.2) is 0 Å². The lowest BCUT2D eigenvalue weighted by Gasteiger charge is -2.49. The minimum Gasteiger partial charge on any atom is -0.333 e. The van der Waals surface area contributed by atoms with E-state index in [2.05, 4.69) is 83.1 Å². The third-order valence-corrected chi connectivity index (χ3v) is 18.7. The lowest BCUT2D eigenvalue weighted by Crippen LogP contribution is -2.43. The normalized spacial score (nSPS) is 41.5. The van der Waals surface area contributed by atoms with E-state index in [9.17, 15) is 0 Å². The van der Waals surface area contributed by atoms with Crippen LogP contribution in [0.5, 0.6) is 0 Å². The van der Waals surface area contributed by atoms with E-state index < -0.39 is 0 Å². The average molecular weight is 805 g/mol. The summed E-state index contributed by atoms with van der Waals surface area (Å²) in [5.41, 5.74) is 1.23. The number of rotatable bonds is 10. The Kier molecular flexibility index (Phi) is 15.4. The van der Waals surface area contributed by atoms with E-state index in [0.717, 1.165) is 35.5 Å². The predicted octanol–water partition coefficient (Wildman–Crippen LogP) is 15.4. The molecule has 0 radical (unpaired) electrons. The summed E-state index contributed by atoms with van der Waals surface area (Å²) in [4.78, 5) is 0. The maximum Gasteiger partial charge on any atom is 0.155 e. The molecule has 320 valence electrons. The van der Waals surface area contributed by atoms with Crippen LogP contribution in [0.2, 0.25) is 0 Å². The first-order valence-corrected chi connectivity index (χ1v) is 25.5. The summed E-state index contributed by atoms with van der Waals surface area (Å²) >= 11 is 0. The second-order valence-electron chi connectivity index (χ2n) is 24.8. The van der Waals surface area contributed by atoms with Crippen molar-refractivity contribution >= 4 is 18.1 Å². The van der Waals surface area contributed by atoms with Crippen LogP contribution in [-0.2, 0) is 18.1 Å². The van der Waals surface area contributed by atoms with Crippen molar-refractivity contribution < 1.29 is 18.1 Å². The first kappa shape index (κ1) is 45.2. The van der Waals surface area contributed by atoms with Crippen LogP contribution in [0.4, 0.5) is 0 Å². The van der Waals surface area contributed by atoms with Gasteiger partial charge < -0.3 is 18.1 Å². The molecule has 6 saturated carbocycles. The molecule has 0 saturated heterocycles. The molecule has 4 nitrogen and oxygen atoms in total. The first-order valence-electron chi connectivity index (χ1n) is 23.9. The Balaban J connectivity index is 1.11. The van der Waals surface area contributed by atoms with Crippen molar-refractivity contribution in [3.05, 3.63) is 0 Å². The van der Waals surface area contributed by atoms with Crippen molar-refractivity contribution in [2.24, 2.45) is 80.8 Å². The summed E-state index contributed by atoms with van der Waals surface area (Å²) < 4.78 is 27.9. The SMILES string of the molecule is CC(C)(C)C1CCC(OPOC2CC3CCCCC3CC2CC2CC3CCCCC3CC2OPOC2CCC(C(C)(C)C)CC2C(C)(C)C)C(C(C)(C)C)C1. The quantitative estimate of drug-likeness (QED) is 0.206. The minimum absolute atomic E-state index is 0.171. The van der Waals surface area contributed by atoms with Gasteiger partial charge in [0.25, 0.3) is 0 Å². The van der Waals surface area contributed by atoms with Crippen LogP contribution in [0.1, 0.15) is 205 Å². The highest BCUT2D eigenvalue weighted by Gasteiger charge is 2.47. The van der Waals surface area contributed by atoms with Crippen molar-refractivity contribution in [1.82, 2.24) is 0 Å². The van der Waals surface area contributed by atoms with Gasteiger partial charge in [-0.15, -0.1) is 0 Å². The fourth-order valence-corrected chi connectivity index (χ4v) is 15.1. The van der Waals surface area contributed by atoms with Gasteiger partial charge in [-0.2, -0.15) is 0 Å². The van der Waals surface area contributed by atoms with Crippen LogP contribution < -0.4 is 0 Å². The Morgan fingerprint density at radius 2 is 0.691 bits per heavy atom. The third kappa shape index (κ3) is 12.0. The maximum atomic E-state index is 7.06. The number of hydrogen-bond acceptors (Lipinski definition) is 4. The van der Waals surface area contributed by atoms with Crippen LogP contribution in [-0.4, -0.2) is 24.4 Å². The second kappa shape index (κ2) is 18.8. The van der Waals surface area contributed by atoms with E-state index in [-0.39, 0.29) is 28.9 Å². The smallest absolute Gasteiger partial charge is 0.155 e. The molecule has 6 heteroatoms. The van der Waals surface area contributed by atoms with Gasteiger partial charge in [0.1, 0.15) is 0 Å². The van der Waals surface area contributed by atoms with Gasteiger partial charge in [-0.1, -0.05) is 134 Å². The van der Waals surface area contributed by atoms with Gasteiger partial charge in [0.2, 0.25) is 0 Å². The van der Waals surface area contributed by atoms with Crippen molar-refractivity contribution in [2.45, 2.75) is 229 Å². The summed E-state index contributed by atoms with van der Waals surface area (Å²) in [6.07, 6.45) is 26.7. The molecule has 55 heavy (non-hydrogen) atoms. The van der Waals surface area contributed by atoms with Gasteiger partial charge in [0, 0.05) is 0 Å². The van der Waals surface area contributed by atoms with Crippen LogP contribution in [0.15, 0.2) is 0 Å². The molecule has 0 spiro atoms. The molecule has 16 unspecified atom stereocenters. The third-order valence-electron chi connectivity index (χ3n) is 17.1. The molecule has 6 aliphatic rings. The van der Waals surface area contributed by atoms with Crippen molar-refractivity contribution in [1.29, 1.82) is 0 Å². The second-order valence-corrected chi connectivity index (χ2v) is 26.1. The molecule has 6 rings (SSSR count). The van der Waals surface area contributed by atoms with Gasteiger partial charge >= 0.3 is 0 Å². The molecule has 16 atom stereocenters. The van der Waals surface area contributed by atoms with Gasteiger partial charge in [-0.3, -0.25) is 0 Å². The highest BCUT2D eigenvalue weighted by Crippen LogP contribution is 2.54. The largest absolute Gasteiger partial charge is 0.333 e. The van der Waals surface area contributed by atoms with E-state index in [1.807, 2.05) is 0 Å². The van der Waals surface area contributed by atoms with Crippen molar-refractivity contribution in [2.75, 3.05) is 0 Å². The number of fused-ring (bicyclic) bond motifs is 2. The molecule has 6 fully saturated rings. The fourth-order valence-electron chi connectivity index (χ4n) is 13.3. The summed E-state index contributed by atoms with van der Waals surface area (Å²) in [6, 6.07) is 0. The molecular weight excluding hydrogens is 714 g/mol. The van der Waals surface area contributed by atoms with Crippen molar-refractivity contribution in [3.8, 4) is 0 Å². The Morgan fingerprint density at radius 3 is 1.02 bits per heavy atom. The van der Waals surface area contributed by atoms with Crippen LogP contribution in [0.25, 0.3) is 0 Å². The molecule has 0 aromatic rings. The zero-order valence-electron chi connectivity index (χ0n) is 38.2. The van der Waals surface area contributed by atoms with Crippen molar-refractivity contribution in [3.63, 3.8) is 0 Å². The highest BCUT2D eigenvalue weighted by atomic mass is 31.1. The molecule has 0 amide bonds. The summed E-state index contributed by atoms with van der Waals surface area (Å²) in [7, 11) is 0.343. The Bertz CT molecular complexity index is 1090. The Morgan fingerprint density at radius 1 is 0.364 bits per heavy atom. The molecule has 0 aromatic heterocycles. The highest BCUT2D eigenvalue weighted by molar-refractivity contribution is 7.26. The zero-order valence-corrected chi connectivity index (χ0v) is 40.2. The van der Waals surface area contributed by atoms with Gasteiger partial charge in [0.05, 0.1) is 24.4 Å². The zero-order chi connectivity index (χ0) is 39.8. The molecule has 6 aliphatic carbocycles.